The summed E-state index contributed by atoms with van der Waals surface area (Å²) in [5, 5.41) is 8.68. The molecule has 0 aromatic carbocycles. The fourth-order valence-electron chi connectivity index (χ4n) is 3.96. The van der Waals surface area contributed by atoms with Crippen LogP contribution in [0.3, 0.4) is 0 Å². The Labute approximate surface area is 157 Å². The lowest BCUT2D eigenvalue weighted by atomic mass is 9.74. The summed E-state index contributed by atoms with van der Waals surface area (Å²) in [6.45, 7) is 3.16. The Kier molecular flexibility index (Phi) is 5.65. The molecule has 3 N–H and O–H groups in total. The van der Waals surface area contributed by atoms with E-state index in [2.05, 4.69) is 20.9 Å². The zero-order valence-corrected chi connectivity index (χ0v) is 15.6. The van der Waals surface area contributed by atoms with Gasteiger partial charge in [-0.2, -0.15) is 0 Å². The molecule has 0 bridgehead atoms. The van der Waals surface area contributed by atoms with Gasteiger partial charge in [0.05, 0.1) is 11.6 Å². The number of halogens is 2. The number of nitrogens with zero attached hydrogens (tertiary/aromatic N) is 1. The molecular weight excluding hydrogens is 359 g/mol. The van der Waals surface area contributed by atoms with E-state index < -0.39 is 5.82 Å². The minimum atomic E-state index is -0.637. The highest BCUT2D eigenvalue weighted by atomic mass is 35.5. The van der Waals surface area contributed by atoms with Crippen LogP contribution in [-0.2, 0) is 9.59 Å². The second-order valence-electron chi connectivity index (χ2n) is 7.26. The van der Waals surface area contributed by atoms with Gasteiger partial charge in [-0.25, -0.2) is 9.37 Å². The van der Waals surface area contributed by atoms with Crippen molar-refractivity contribution in [3.63, 3.8) is 0 Å². The summed E-state index contributed by atoms with van der Waals surface area (Å²) in [6.07, 6.45) is 4.86. The number of aromatic nitrogens is 1. The van der Waals surface area contributed by atoms with Gasteiger partial charge in [0.1, 0.15) is 0 Å². The summed E-state index contributed by atoms with van der Waals surface area (Å²) in [5.41, 5.74) is 0.0626. The number of pyridine rings is 1. The van der Waals surface area contributed by atoms with E-state index in [1.165, 1.54) is 19.2 Å². The number of rotatable bonds is 4. The predicted octanol–water partition coefficient (Wildman–Crippen LogP) is 2.89. The number of hydrogen-bond acceptors (Lipinski definition) is 4. The standard InChI is InChI=1S/C18H24ClFN4O2/c1-9(22-17-16(20)15(5-6-21-17)23-10(2)25)13-8-11-7-12(19)3-4-14(11)24-18(13)26/h5-6,9,11-14H,3-4,7-8H2,1-2H3,(H,24,26)(H2,21,22,23,25)/t9-,11?,12?,13?,14?/m0/s1. The van der Waals surface area contributed by atoms with Crippen LogP contribution < -0.4 is 16.0 Å². The van der Waals surface area contributed by atoms with Crippen LogP contribution in [0.1, 0.15) is 39.5 Å². The van der Waals surface area contributed by atoms with Crippen molar-refractivity contribution >= 4 is 34.9 Å². The van der Waals surface area contributed by atoms with Gasteiger partial charge < -0.3 is 16.0 Å². The Morgan fingerprint density at radius 3 is 2.92 bits per heavy atom. The smallest absolute Gasteiger partial charge is 0.225 e. The first-order valence-electron chi connectivity index (χ1n) is 8.98. The molecule has 0 spiro atoms. The first-order valence-corrected chi connectivity index (χ1v) is 9.42. The number of piperidine rings is 1. The maximum atomic E-state index is 14.5. The molecular formula is C18H24ClFN4O2. The fraction of sp³-hybridized carbons (Fsp3) is 0.611. The average molecular weight is 383 g/mol. The maximum Gasteiger partial charge on any atom is 0.225 e. The van der Waals surface area contributed by atoms with E-state index >= 15 is 0 Å². The van der Waals surface area contributed by atoms with Crippen LogP contribution in [0, 0.1) is 17.7 Å². The van der Waals surface area contributed by atoms with Crippen molar-refractivity contribution in [3.8, 4) is 0 Å². The summed E-state index contributed by atoms with van der Waals surface area (Å²) in [7, 11) is 0. The Bertz CT molecular complexity index is 702. The molecule has 1 saturated heterocycles. The summed E-state index contributed by atoms with van der Waals surface area (Å²) >= 11 is 6.29. The first kappa shape index (κ1) is 18.9. The number of fused-ring (bicyclic) bond motifs is 1. The van der Waals surface area contributed by atoms with Crippen molar-refractivity contribution in [2.45, 2.75) is 57.0 Å². The quantitative estimate of drug-likeness (QED) is 0.699. The van der Waals surface area contributed by atoms with Crippen LogP contribution in [0.25, 0.3) is 0 Å². The molecule has 3 rings (SSSR count). The van der Waals surface area contributed by atoms with Crippen LogP contribution in [0.4, 0.5) is 15.9 Å². The van der Waals surface area contributed by atoms with E-state index in [0.717, 1.165) is 25.7 Å². The molecule has 2 heterocycles. The number of carbonyl (C=O) groups excluding carboxylic acids is 2. The third kappa shape index (κ3) is 4.09. The molecule has 8 heteroatoms. The lowest BCUT2D eigenvalue weighted by Crippen LogP contribution is -2.55. The summed E-state index contributed by atoms with van der Waals surface area (Å²) in [6, 6.07) is 1.28. The number of carbonyl (C=O) groups is 2. The largest absolute Gasteiger partial charge is 0.364 e. The second-order valence-corrected chi connectivity index (χ2v) is 7.88. The summed E-state index contributed by atoms with van der Waals surface area (Å²) in [5.74, 6) is -0.928. The first-order chi connectivity index (χ1) is 12.3. The normalized spacial score (nSPS) is 29.3. The number of nitrogens with one attached hydrogen (secondary N) is 3. The number of amides is 2. The van der Waals surface area contributed by atoms with Gasteiger partial charge in [-0.1, -0.05) is 0 Å². The molecule has 0 radical (unpaired) electrons. The molecule has 1 saturated carbocycles. The SMILES string of the molecule is CC(=O)Nc1ccnc(N[C@@H](C)C2CC3CC(Cl)CCC3NC2=O)c1F. The highest BCUT2D eigenvalue weighted by Gasteiger charge is 2.41. The topological polar surface area (TPSA) is 83.1 Å². The van der Waals surface area contributed by atoms with E-state index in [4.69, 9.17) is 11.6 Å². The van der Waals surface area contributed by atoms with Crippen molar-refractivity contribution in [2.24, 2.45) is 11.8 Å². The number of alkyl halides is 1. The predicted molar refractivity (Wildman–Crippen MR) is 98.6 cm³/mol. The third-order valence-corrected chi connectivity index (χ3v) is 5.70. The van der Waals surface area contributed by atoms with E-state index in [-0.39, 0.29) is 46.7 Å². The number of anilines is 2. The molecule has 2 fully saturated rings. The van der Waals surface area contributed by atoms with Gasteiger partial charge in [-0.05, 0) is 44.6 Å². The molecule has 4 unspecified atom stereocenters. The van der Waals surface area contributed by atoms with Gasteiger partial charge in [-0.3, -0.25) is 9.59 Å². The van der Waals surface area contributed by atoms with E-state index in [9.17, 15) is 14.0 Å². The minimum absolute atomic E-state index is 0.0160. The highest BCUT2D eigenvalue weighted by Crippen LogP contribution is 2.37. The summed E-state index contributed by atoms with van der Waals surface area (Å²) < 4.78 is 14.5. The van der Waals surface area contributed by atoms with Crippen molar-refractivity contribution in [1.82, 2.24) is 10.3 Å². The van der Waals surface area contributed by atoms with Gasteiger partial charge in [0.2, 0.25) is 11.8 Å². The van der Waals surface area contributed by atoms with Crippen molar-refractivity contribution in [2.75, 3.05) is 10.6 Å². The van der Waals surface area contributed by atoms with Crippen LogP contribution in [0.2, 0.25) is 0 Å². The molecule has 1 aliphatic heterocycles. The monoisotopic (exact) mass is 382 g/mol. The molecule has 142 valence electrons. The van der Waals surface area contributed by atoms with Crippen LogP contribution in [-0.4, -0.2) is 34.3 Å². The zero-order valence-electron chi connectivity index (χ0n) is 14.9. The Balaban J connectivity index is 1.70. The zero-order chi connectivity index (χ0) is 18.8. The molecule has 1 aliphatic carbocycles. The maximum absolute atomic E-state index is 14.5. The van der Waals surface area contributed by atoms with Gasteiger partial charge in [0, 0.05) is 30.6 Å². The minimum Gasteiger partial charge on any atom is -0.364 e. The molecule has 1 aromatic heterocycles. The van der Waals surface area contributed by atoms with E-state index in [0.29, 0.717) is 5.92 Å². The summed E-state index contributed by atoms with van der Waals surface area (Å²) in [4.78, 5) is 27.7. The Morgan fingerprint density at radius 1 is 1.42 bits per heavy atom. The molecule has 6 nitrogen and oxygen atoms in total. The Morgan fingerprint density at radius 2 is 2.19 bits per heavy atom. The van der Waals surface area contributed by atoms with Crippen molar-refractivity contribution in [1.29, 1.82) is 0 Å². The second kappa shape index (κ2) is 7.78. The van der Waals surface area contributed by atoms with Gasteiger partial charge in [0.15, 0.2) is 11.6 Å². The molecule has 2 amide bonds. The molecule has 1 aromatic rings. The lowest BCUT2D eigenvalue weighted by molar-refractivity contribution is -0.130. The highest BCUT2D eigenvalue weighted by molar-refractivity contribution is 6.20. The van der Waals surface area contributed by atoms with E-state index in [1.54, 1.807) is 0 Å². The van der Waals surface area contributed by atoms with Crippen LogP contribution in [0.15, 0.2) is 12.3 Å². The number of hydrogen-bond donors (Lipinski definition) is 3. The van der Waals surface area contributed by atoms with Crippen molar-refractivity contribution < 1.29 is 14.0 Å². The van der Waals surface area contributed by atoms with Crippen LogP contribution in [0.5, 0.6) is 0 Å². The molecule has 5 atom stereocenters. The van der Waals surface area contributed by atoms with Gasteiger partial charge >= 0.3 is 0 Å². The molecule has 2 aliphatic rings. The fourth-order valence-corrected chi connectivity index (χ4v) is 4.31. The van der Waals surface area contributed by atoms with E-state index in [1.807, 2.05) is 6.92 Å². The van der Waals surface area contributed by atoms with Gasteiger partial charge in [-0.15, -0.1) is 11.6 Å². The van der Waals surface area contributed by atoms with Crippen molar-refractivity contribution in [3.05, 3.63) is 18.1 Å². The average Bonchev–Trinajstić information content (AvgIpc) is 2.57. The Hall–Kier alpha value is -1.89. The third-order valence-electron chi connectivity index (χ3n) is 5.31. The lowest BCUT2D eigenvalue weighted by Gasteiger charge is -2.42. The van der Waals surface area contributed by atoms with Gasteiger partial charge in [0.25, 0.3) is 0 Å². The molecule has 26 heavy (non-hydrogen) atoms. The van der Waals surface area contributed by atoms with Crippen LogP contribution >= 0.6 is 11.6 Å².